The Morgan fingerprint density at radius 1 is 1.17 bits per heavy atom. The fourth-order valence-corrected chi connectivity index (χ4v) is 2.76. The summed E-state index contributed by atoms with van der Waals surface area (Å²) in [4.78, 5) is 11.8. The number of rotatable bonds is 3. The average Bonchev–Trinajstić information content (AvgIpc) is 2.93. The van der Waals surface area contributed by atoms with Gasteiger partial charge in [0, 0.05) is 17.3 Å². The number of aryl methyl sites for hydroxylation is 2. The van der Waals surface area contributed by atoms with Crippen LogP contribution in [-0.2, 0) is 4.74 Å². The fourth-order valence-electron chi connectivity index (χ4n) is 2.76. The molecule has 0 saturated heterocycles. The van der Waals surface area contributed by atoms with Gasteiger partial charge in [-0.25, -0.2) is 4.79 Å². The van der Waals surface area contributed by atoms with E-state index in [0.29, 0.717) is 17.7 Å². The molecule has 4 heteroatoms. The summed E-state index contributed by atoms with van der Waals surface area (Å²) in [5, 5.41) is 10.3. The van der Waals surface area contributed by atoms with Gasteiger partial charge in [0.2, 0.25) is 0 Å². The van der Waals surface area contributed by atoms with E-state index in [2.05, 4.69) is 19.1 Å². The van der Waals surface area contributed by atoms with E-state index in [0.717, 1.165) is 22.2 Å². The molecule has 3 rings (SSSR count). The molecule has 0 saturated carbocycles. The highest BCUT2D eigenvalue weighted by molar-refractivity contribution is 5.91. The smallest absolute Gasteiger partial charge is 0.338 e. The lowest BCUT2D eigenvalue weighted by Crippen LogP contribution is -2.04. The van der Waals surface area contributed by atoms with Crippen LogP contribution in [0.2, 0.25) is 0 Å². The van der Waals surface area contributed by atoms with Crippen LogP contribution < -0.4 is 0 Å². The van der Waals surface area contributed by atoms with E-state index >= 15 is 0 Å². The number of hydrogen-bond donors (Lipinski definition) is 0. The van der Waals surface area contributed by atoms with Crippen LogP contribution in [0.25, 0.3) is 16.6 Å². The molecule has 0 aliphatic rings. The van der Waals surface area contributed by atoms with Crippen LogP contribution in [0.4, 0.5) is 0 Å². The molecule has 0 aliphatic heterocycles. The van der Waals surface area contributed by atoms with Gasteiger partial charge in [-0.3, -0.25) is 0 Å². The molecule has 3 aromatic rings. The third-order valence-corrected chi connectivity index (χ3v) is 4.20. The fraction of sp³-hybridized carbons (Fsp3) is 0.200. The second-order valence-electron chi connectivity index (χ2n) is 5.75. The van der Waals surface area contributed by atoms with Gasteiger partial charge in [-0.15, -0.1) is 0 Å². The third kappa shape index (κ3) is 2.65. The van der Waals surface area contributed by atoms with Crippen molar-refractivity contribution < 1.29 is 9.53 Å². The van der Waals surface area contributed by atoms with Crippen molar-refractivity contribution in [1.82, 2.24) is 4.57 Å². The Kier molecular flexibility index (Phi) is 4.09. The standard InChI is InChI=1S/C20H18N2O2/c1-4-24-20(23)15-5-7-17(8-6-15)22-12-16(11-21)18-9-13(2)14(3)10-19(18)22/h5-10,12H,4H2,1-3H3. The first kappa shape index (κ1) is 15.8. The van der Waals surface area contributed by atoms with Crippen molar-refractivity contribution in [3.8, 4) is 11.8 Å². The van der Waals surface area contributed by atoms with Crippen molar-refractivity contribution in [2.45, 2.75) is 20.8 Å². The zero-order chi connectivity index (χ0) is 17.3. The molecule has 0 N–H and O–H groups in total. The Bertz CT molecular complexity index is 960. The predicted octanol–water partition coefficient (Wildman–Crippen LogP) is 4.30. The van der Waals surface area contributed by atoms with Crippen LogP contribution in [0.3, 0.4) is 0 Å². The molecule has 0 amide bonds. The number of nitriles is 1. The lowest BCUT2D eigenvalue weighted by atomic mass is 10.1. The summed E-state index contributed by atoms with van der Waals surface area (Å²) in [7, 11) is 0. The van der Waals surface area contributed by atoms with Crippen LogP contribution in [0.5, 0.6) is 0 Å². The molecule has 120 valence electrons. The minimum absolute atomic E-state index is 0.328. The highest BCUT2D eigenvalue weighted by atomic mass is 16.5. The first-order valence-corrected chi connectivity index (χ1v) is 7.85. The van der Waals surface area contributed by atoms with Crippen LogP contribution in [-0.4, -0.2) is 17.1 Å². The average molecular weight is 318 g/mol. The minimum Gasteiger partial charge on any atom is -0.462 e. The number of aromatic nitrogens is 1. The second kappa shape index (κ2) is 6.21. The van der Waals surface area contributed by atoms with Crippen LogP contribution in [0.1, 0.15) is 34.0 Å². The predicted molar refractivity (Wildman–Crippen MR) is 93.4 cm³/mol. The summed E-state index contributed by atoms with van der Waals surface area (Å²) in [6, 6.07) is 13.6. The molecule has 2 aromatic carbocycles. The van der Waals surface area contributed by atoms with Crippen LogP contribution >= 0.6 is 0 Å². The number of carbonyl (C=O) groups excluding carboxylic acids is 1. The Morgan fingerprint density at radius 2 is 1.83 bits per heavy atom. The number of nitrogens with zero attached hydrogens (tertiary/aromatic N) is 2. The normalized spacial score (nSPS) is 10.6. The van der Waals surface area contributed by atoms with Crippen molar-refractivity contribution in [2.24, 2.45) is 0 Å². The maximum absolute atomic E-state index is 11.8. The highest BCUT2D eigenvalue weighted by Crippen LogP contribution is 2.27. The molecule has 0 atom stereocenters. The number of carbonyl (C=O) groups is 1. The maximum atomic E-state index is 11.8. The van der Waals surface area contributed by atoms with Crippen LogP contribution in [0.15, 0.2) is 42.6 Å². The van der Waals surface area contributed by atoms with Gasteiger partial charge < -0.3 is 9.30 Å². The van der Waals surface area contributed by atoms with Gasteiger partial charge in [0.15, 0.2) is 0 Å². The lowest BCUT2D eigenvalue weighted by molar-refractivity contribution is 0.0526. The monoisotopic (exact) mass is 318 g/mol. The van der Waals surface area contributed by atoms with E-state index < -0.39 is 0 Å². The third-order valence-electron chi connectivity index (χ3n) is 4.20. The SMILES string of the molecule is CCOC(=O)c1ccc(-n2cc(C#N)c3cc(C)c(C)cc32)cc1. The molecule has 0 aliphatic carbocycles. The molecule has 0 radical (unpaired) electrons. The summed E-state index contributed by atoms with van der Waals surface area (Å²) in [5.41, 5.74) is 5.38. The summed E-state index contributed by atoms with van der Waals surface area (Å²) in [6.07, 6.45) is 1.84. The van der Waals surface area contributed by atoms with E-state index in [1.54, 1.807) is 19.1 Å². The van der Waals surface area contributed by atoms with Crippen molar-refractivity contribution in [1.29, 1.82) is 5.26 Å². The van der Waals surface area contributed by atoms with Gasteiger partial charge >= 0.3 is 5.97 Å². The summed E-state index contributed by atoms with van der Waals surface area (Å²) >= 11 is 0. The van der Waals surface area contributed by atoms with Crippen LogP contribution in [0, 0.1) is 25.2 Å². The van der Waals surface area contributed by atoms with Gasteiger partial charge in [-0.2, -0.15) is 5.26 Å². The zero-order valence-electron chi connectivity index (χ0n) is 14.0. The summed E-state index contributed by atoms with van der Waals surface area (Å²) < 4.78 is 6.99. The van der Waals surface area contributed by atoms with E-state index in [-0.39, 0.29) is 5.97 Å². The van der Waals surface area contributed by atoms with Gasteiger partial charge in [-0.1, -0.05) is 0 Å². The highest BCUT2D eigenvalue weighted by Gasteiger charge is 2.12. The Labute approximate surface area is 140 Å². The Morgan fingerprint density at radius 3 is 2.46 bits per heavy atom. The molecule has 4 nitrogen and oxygen atoms in total. The van der Waals surface area contributed by atoms with Crippen molar-refractivity contribution in [3.05, 3.63) is 64.8 Å². The van der Waals surface area contributed by atoms with E-state index in [1.165, 1.54) is 5.56 Å². The van der Waals surface area contributed by atoms with Gasteiger partial charge in [-0.05, 0) is 68.3 Å². The molecule has 0 spiro atoms. The molecule has 0 fully saturated rings. The number of fused-ring (bicyclic) bond motifs is 1. The number of benzene rings is 2. The van der Waals surface area contributed by atoms with Gasteiger partial charge in [0.1, 0.15) is 6.07 Å². The number of ether oxygens (including phenoxy) is 1. The quantitative estimate of drug-likeness (QED) is 0.677. The van der Waals surface area contributed by atoms with Gasteiger partial charge in [0.25, 0.3) is 0 Å². The van der Waals surface area contributed by atoms with Gasteiger partial charge in [0.05, 0.1) is 23.3 Å². The minimum atomic E-state index is -0.328. The first-order chi connectivity index (χ1) is 11.5. The van der Waals surface area contributed by atoms with Crippen molar-refractivity contribution in [3.63, 3.8) is 0 Å². The zero-order valence-corrected chi connectivity index (χ0v) is 14.0. The van der Waals surface area contributed by atoms with E-state index in [4.69, 9.17) is 4.74 Å². The first-order valence-electron chi connectivity index (χ1n) is 7.85. The second-order valence-corrected chi connectivity index (χ2v) is 5.75. The van der Waals surface area contributed by atoms with Crippen molar-refractivity contribution in [2.75, 3.05) is 6.61 Å². The summed E-state index contributed by atoms with van der Waals surface area (Å²) in [5.74, 6) is -0.328. The topological polar surface area (TPSA) is 55.0 Å². The Balaban J connectivity index is 2.11. The van der Waals surface area contributed by atoms with E-state index in [1.807, 2.05) is 35.9 Å². The molecular formula is C20H18N2O2. The Hall–Kier alpha value is -3.06. The molecular weight excluding hydrogens is 300 g/mol. The molecule has 0 bridgehead atoms. The van der Waals surface area contributed by atoms with Crippen molar-refractivity contribution >= 4 is 16.9 Å². The number of hydrogen-bond acceptors (Lipinski definition) is 3. The largest absolute Gasteiger partial charge is 0.462 e. The molecule has 1 aromatic heterocycles. The lowest BCUT2D eigenvalue weighted by Gasteiger charge is -2.08. The van der Waals surface area contributed by atoms with E-state index in [9.17, 15) is 10.1 Å². The molecule has 1 heterocycles. The number of esters is 1. The molecule has 24 heavy (non-hydrogen) atoms. The summed E-state index contributed by atoms with van der Waals surface area (Å²) in [6.45, 7) is 6.24. The maximum Gasteiger partial charge on any atom is 0.338 e. The molecule has 0 unspecified atom stereocenters.